The van der Waals surface area contributed by atoms with Crippen LogP contribution in [-0.4, -0.2) is 81.9 Å². The molecule has 0 aromatic heterocycles. The Morgan fingerprint density at radius 3 is 2.15 bits per heavy atom. The van der Waals surface area contributed by atoms with Gasteiger partial charge in [0.15, 0.2) is 0 Å². The summed E-state index contributed by atoms with van der Waals surface area (Å²) in [5.41, 5.74) is 9.89. The molecule has 5 rings (SSSR count). The Bertz CT molecular complexity index is 1350. The van der Waals surface area contributed by atoms with Gasteiger partial charge in [0.05, 0.1) is 18.8 Å². The van der Waals surface area contributed by atoms with E-state index in [1.165, 1.54) is 167 Å². The van der Waals surface area contributed by atoms with E-state index in [0.717, 1.165) is 101 Å². The van der Waals surface area contributed by atoms with E-state index >= 15 is 0 Å². The molecule has 0 spiro atoms. The van der Waals surface area contributed by atoms with Crippen molar-refractivity contribution in [3.63, 3.8) is 0 Å². The van der Waals surface area contributed by atoms with Crippen LogP contribution in [-0.2, 0) is 18.9 Å². The SMILES string of the molecule is CCCCCCCCC=CCCCCCCCCOCC(CN1CCCC(C)C1)OCCCOCCCOC1CCC2(C)C(=CCC3C4CCC(C(C)CCCC(C)C)C4(C)CCC32N)C1. The largest absolute Gasteiger partial charge is 0.381 e. The zero-order chi connectivity index (χ0) is 47.1. The molecule has 4 aliphatic carbocycles. The zero-order valence-electron chi connectivity index (χ0n) is 44.9. The second-order valence-corrected chi connectivity index (χ2v) is 24.1. The van der Waals surface area contributed by atoms with Gasteiger partial charge in [-0.2, -0.15) is 0 Å². The summed E-state index contributed by atoms with van der Waals surface area (Å²) in [7, 11) is 0. The highest BCUT2D eigenvalue weighted by molar-refractivity contribution is 5.32. The lowest BCUT2D eigenvalue weighted by atomic mass is 9.43. The number of allylic oxidation sites excluding steroid dienone is 3. The molecule has 10 atom stereocenters. The number of piperidine rings is 1. The van der Waals surface area contributed by atoms with Crippen LogP contribution in [0.4, 0.5) is 0 Å². The van der Waals surface area contributed by atoms with E-state index in [-0.39, 0.29) is 17.1 Å². The Morgan fingerprint density at radius 1 is 0.727 bits per heavy atom. The quantitative estimate of drug-likeness (QED) is 0.0505. The van der Waals surface area contributed by atoms with E-state index in [1.54, 1.807) is 5.57 Å². The Morgan fingerprint density at radius 2 is 1.42 bits per heavy atom. The molecular weight excluding hydrogens is 813 g/mol. The maximum Gasteiger partial charge on any atom is 0.0934 e. The van der Waals surface area contributed by atoms with Gasteiger partial charge >= 0.3 is 0 Å². The van der Waals surface area contributed by atoms with Gasteiger partial charge in [-0.1, -0.05) is 149 Å². The van der Waals surface area contributed by atoms with E-state index < -0.39 is 0 Å². The molecule has 0 radical (unpaired) electrons. The van der Waals surface area contributed by atoms with Crippen molar-refractivity contribution in [2.75, 3.05) is 59.3 Å². The van der Waals surface area contributed by atoms with E-state index in [9.17, 15) is 0 Å². The molecule has 0 bridgehead atoms. The molecule has 3 saturated carbocycles. The molecular formula is C60H110N2O4. The van der Waals surface area contributed by atoms with Crippen LogP contribution in [0.5, 0.6) is 0 Å². The average Bonchev–Trinajstić information content (AvgIpc) is 3.65. The van der Waals surface area contributed by atoms with Crippen LogP contribution in [0.15, 0.2) is 23.8 Å². The van der Waals surface area contributed by atoms with Crippen LogP contribution in [0.3, 0.4) is 0 Å². The first-order chi connectivity index (χ1) is 32.0. The molecule has 1 heterocycles. The van der Waals surface area contributed by atoms with Gasteiger partial charge in [0.1, 0.15) is 0 Å². The van der Waals surface area contributed by atoms with Gasteiger partial charge in [-0.25, -0.2) is 0 Å². The molecule has 1 aliphatic heterocycles. The molecule has 0 aromatic carbocycles. The monoisotopic (exact) mass is 923 g/mol. The summed E-state index contributed by atoms with van der Waals surface area (Å²) in [6.07, 6.45) is 45.3. The number of nitrogens with zero attached hydrogens (tertiary/aromatic N) is 1. The first-order valence-corrected chi connectivity index (χ1v) is 29.2. The summed E-state index contributed by atoms with van der Waals surface area (Å²) in [6.45, 7) is 25.2. The van der Waals surface area contributed by atoms with Gasteiger partial charge in [-0.05, 0) is 157 Å². The van der Waals surface area contributed by atoms with Gasteiger partial charge in [0.2, 0.25) is 0 Å². The lowest BCUT2D eigenvalue weighted by Gasteiger charge is -2.64. The van der Waals surface area contributed by atoms with Crippen molar-refractivity contribution in [1.82, 2.24) is 4.90 Å². The second-order valence-electron chi connectivity index (χ2n) is 24.1. The Kier molecular flexibility index (Phi) is 25.7. The Labute approximate surface area is 409 Å². The summed E-state index contributed by atoms with van der Waals surface area (Å²) in [4.78, 5) is 2.61. The molecule has 4 fully saturated rings. The first kappa shape index (κ1) is 56.2. The standard InChI is InChI=1S/C60H110N2O4/c1-8-9-10-11-12-13-14-15-16-17-18-19-20-21-22-23-40-64-48-54(47-62-39-25-29-50(4)46-62)66-44-27-42-63-41-26-43-65-53-35-36-59(7)52(45-53)31-32-57-56-34-33-55(51(5)30-24-28-49(2)3)58(56,6)37-38-60(57,59)61/h15-16,31,49-51,53-57H,8-14,17-30,32-48,61H2,1-7H3. The van der Waals surface area contributed by atoms with Crippen molar-refractivity contribution in [2.24, 2.45) is 52.1 Å². The molecule has 6 heteroatoms. The smallest absolute Gasteiger partial charge is 0.0934 e. The Balaban J connectivity index is 0.905. The van der Waals surface area contributed by atoms with Gasteiger partial charge in [-0.15, -0.1) is 0 Å². The third kappa shape index (κ3) is 17.2. The van der Waals surface area contributed by atoms with Crippen molar-refractivity contribution < 1.29 is 18.9 Å². The number of hydrogen-bond acceptors (Lipinski definition) is 6. The predicted octanol–water partition coefficient (Wildman–Crippen LogP) is 15.5. The summed E-state index contributed by atoms with van der Waals surface area (Å²) >= 11 is 0. The normalized spacial score (nSPS) is 31.2. The van der Waals surface area contributed by atoms with Crippen LogP contribution >= 0.6 is 0 Å². The number of rotatable bonds is 35. The van der Waals surface area contributed by atoms with E-state index in [1.807, 2.05) is 0 Å². The Hall–Kier alpha value is -0.760. The fourth-order valence-corrected chi connectivity index (χ4v) is 14.3. The van der Waals surface area contributed by atoms with Gasteiger partial charge in [0, 0.05) is 57.1 Å². The first-order valence-electron chi connectivity index (χ1n) is 29.2. The molecule has 384 valence electrons. The van der Waals surface area contributed by atoms with Crippen molar-refractivity contribution >= 4 is 0 Å². The van der Waals surface area contributed by atoms with E-state index in [0.29, 0.717) is 24.0 Å². The maximum absolute atomic E-state index is 7.76. The lowest BCUT2D eigenvalue weighted by Crippen LogP contribution is -2.67. The molecule has 0 amide bonds. The number of nitrogens with two attached hydrogens (primary N) is 1. The van der Waals surface area contributed by atoms with Crippen LogP contribution in [0.2, 0.25) is 0 Å². The summed E-state index contributed by atoms with van der Waals surface area (Å²) in [6, 6.07) is 0. The second kappa shape index (κ2) is 30.2. The highest BCUT2D eigenvalue weighted by Crippen LogP contribution is 2.68. The zero-order valence-corrected chi connectivity index (χ0v) is 44.9. The average molecular weight is 924 g/mol. The molecule has 0 aromatic rings. The molecule has 10 unspecified atom stereocenters. The summed E-state index contributed by atoms with van der Waals surface area (Å²) in [5.74, 6) is 4.72. The molecule has 2 N–H and O–H groups in total. The predicted molar refractivity (Wildman–Crippen MR) is 281 cm³/mol. The lowest BCUT2D eigenvalue weighted by molar-refractivity contribution is -0.0811. The van der Waals surface area contributed by atoms with Crippen molar-refractivity contribution in [1.29, 1.82) is 0 Å². The number of ether oxygens (including phenoxy) is 4. The van der Waals surface area contributed by atoms with Crippen LogP contribution < -0.4 is 5.73 Å². The molecule has 6 nitrogen and oxygen atoms in total. The van der Waals surface area contributed by atoms with Crippen LogP contribution in [0.25, 0.3) is 0 Å². The fourth-order valence-electron chi connectivity index (χ4n) is 14.3. The number of hydrogen-bond donors (Lipinski definition) is 1. The number of fused-ring (bicyclic) bond motifs is 5. The van der Waals surface area contributed by atoms with Crippen LogP contribution in [0, 0.1) is 46.3 Å². The van der Waals surface area contributed by atoms with Crippen molar-refractivity contribution in [2.45, 2.75) is 252 Å². The topological polar surface area (TPSA) is 66.2 Å². The third-order valence-electron chi connectivity index (χ3n) is 18.5. The maximum atomic E-state index is 7.76. The van der Waals surface area contributed by atoms with E-state index in [4.69, 9.17) is 24.7 Å². The summed E-state index contributed by atoms with van der Waals surface area (Å²) < 4.78 is 25.4. The third-order valence-corrected chi connectivity index (χ3v) is 18.5. The van der Waals surface area contributed by atoms with Crippen molar-refractivity contribution in [3.8, 4) is 0 Å². The fraction of sp³-hybridized carbons (Fsp3) is 0.933. The molecule has 5 aliphatic rings. The van der Waals surface area contributed by atoms with Gasteiger partial charge in [-0.3, -0.25) is 0 Å². The van der Waals surface area contributed by atoms with Gasteiger partial charge < -0.3 is 29.6 Å². The minimum atomic E-state index is -0.0670. The minimum absolute atomic E-state index is 0.0670. The summed E-state index contributed by atoms with van der Waals surface area (Å²) in [5, 5.41) is 0. The van der Waals surface area contributed by atoms with Crippen molar-refractivity contribution in [3.05, 3.63) is 23.8 Å². The van der Waals surface area contributed by atoms with Crippen LogP contribution in [0.1, 0.15) is 235 Å². The highest BCUT2D eigenvalue weighted by atomic mass is 16.5. The van der Waals surface area contributed by atoms with Gasteiger partial charge in [0.25, 0.3) is 0 Å². The minimum Gasteiger partial charge on any atom is -0.381 e. The molecule has 1 saturated heterocycles. The number of unbranched alkanes of at least 4 members (excludes halogenated alkanes) is 12. The van der Waals surface area contributed by atoms with E-state index in [2.05, 4.69) is 71.6 Å². The highest BCUT2D eigenvalue weighted by Gasteiger charge is 2.64. The number of likely N-dealkylation sites (tertiary alicyclic amines) is 1. The molecule has 66 heavy (non-hydrogen) atoms.